The predicted molar refractivity (Wildman–Crippen MR) is 14.4 cm³/mol. The zero-order chi connectivity index (χ0) is 3.70. The molecule has 0 saturated carbocycles. The third-order valence-electron chi connectivity index (χ3n) is 0.260. The molecule has 0 aromatic carbocycles. The fourth-order valence-corrected chi connectivity index (χ4v) is 0.178. The van der Waals surface area contributed by atoms with Crippen LogP contribution in [0.25, 0.3) is 0 Å². The maximum absolute atomic E-state index is 4.31. The van der Waals surface area contributed by atoms with Crippen molar-refractivity contribution < 1.29 is 18.6 Å². The smallest absolute Gasteiger partial charge is 0.287 e. The first-order valence-electron chi connectivity index (χ1n) is 1.07. The van der Waals surface area contributed by atoms with Gasteiger partial charge in [0.15, 0.2) is 4.52 Å². The van der Waals surface area contributed by atoms with Crippen LogP contribution in [0.15, 0.2) is 14.0 Å². The van der Waals surface area contributed by atoms with Crippen molar-refractivity contribution in [2.75, 3.05) is 0 Å². The van der Waals surface area contributed by atoms with Gasteiger partial charge >= 0.3 is 20.0 Å². The fourth-order valence-electron chi connectivity index (χ4n) is 0.0669. The van der Waals surface area contributed by atoms with Gasteiger partial charge < -0.3 is 0 Å². The van der Waals surface area contributed by atoms with Gasteiger partial charge in [0.2, 0.25) is 0 Å². The normalized spacial score (nSPS) is 9.60. The van der Waals surface area contributed by atoms with Gasteiger partial charge in [-0.2, -0.15) is 0 Å². The lowest BCUT2D eigenvalue weighted by atomic mass is 14.6. The molecule has 0 radical (unpaired) electrons. The molecular formula is H3O4Si+. The van der Waals surface area contributed by atoms with Crippen LogP contribution in [0, 0.1) is 0 Å². The van der Waals surface area contributed by atoms with Crippen LogP contribution in [-0.2, 0) is 0 Å². The molecule has 5 heteroatoms. The third kappa shape index (κ3) is 0.352. The van der Waals surface area contributed by atoms with Crippen LogP contribution < -0.4 is 4.58 Å². The molecule has 0 amide bonds. The van der Waals surface area contributed by atoms with Crippen LogP contribution in [0.3, 0.4) is 0 Å². The van der Waals surface area contributed by atoms with E-state index in [4.69, 9.17) is 0 Å². The Morgan fingerprint density at radius 1 is 1.60 bits per heavy atom. The van der Waals surface area contributed by atoms with Crippen molar-refractivity contribution in [2.24, 2.45) is 0 Å². The number of hydrogen-bond acceptors (Lipinski definition) is 3. The van der Waals surface area contributed by atoms with E-state index in [0.717, 1.165) is 0 Å². The first-order valence-corrected chi connectivity index (χ1v) is 1.89. The van der Waals surface area contributed by atoms with E-state index in [0.29, 0.717) is 10.5 Å². The Morgan fingerprint density at radius 2 is 2.20 bits per heavy atom. The average Bonchev–Trinajstić information content (AvgIpc) is 2.12. The highest BCUT2D eigenvalue weighted by Gasteiger charge is 2.10. The summed E-state index contributed by atoms with van der Waals surface area (Å²) >= 11 is 0. The topological polar surface area (TPSA) is 38.2 Å². The molecule has 1 aromatic heterocycles. The standard InChI is InChI=1S/H3O4Si/c5-3-4-1-2-4/h5H3/q+1. The molecule has 1 rings (SSSR count). The quantitative estimate of drug-likeness (QED) is 0.251. The van der Waals surface area contributed by atoms with Crippen molar-refractivity contribution in [3.63, 3.8) is 0 Å². The molecule has 30 valence electrons. The summed E-state index contributed by atoms with van der Waals surface area (Å²) in [5.74, 6) is 0. The summed E-state index contributed by atoms with van der Waals surface area (Å²) in [6.07, 6.45) is 0. The molecule has 4 nitrogen and oxygen atoms in total. The summed E-state index contributed by atoms with van der Waals surface area (Å²) < 4.78 is 13.7. The molecule has 0 bridgehead atoms. The maximum Gasteiger partial charge on any atom is 0.312 e. The van der Waals surface area contributed by atoms with Gasteiger partial charge in [0, 0.05) is 0 Å². The number of rotatable bonds is 1. The molecule has 0 fully saturated rings. The van der Waals surface area contributed by atoms with Crippen LogP contribution >= 0.6 is 0 Å². The summed E-state index contributed by atoms with van der Waals surface area (Å²) in [5, 5.41) is 0. The van der Waals surface area contributed by atoms with Crippen LogP contribution in [0.5, 0.6) is 0 Å². The van der Waals surface area contributed by atoms with E-state index in [-0.39, 0.29) is 0 Å². The van der Waals surface area contributed by atoms with Gasteiger partial charge in [-0.05, 0) is 0 Å². The molecule has 0 aliphatic rings. The van der Waals surface area contributed by atoms with E-state index in [1.54, 1.807) is 4.52 Å². The molecule has 1 aromatic rings. The third-order valence-corrected chi connectivity index (χ3v) is 0.532. The van der Waals surface area contributed by atoms with Crippen molar-refractivity contribution in [3.8, 4) is 0 Å². The summed E-state index contributed by atoms with van der Waals surface area (Å²) in [6, 6.07) is 0. The molecular weight excluding hydrogens is 92.1 g/mol. The van der Waals surface area contributed by atoms with Crippen LogP contribution in [0.2, 0.25) is 0 Å². The van der Waals surface area contributed by atoms with Gasteiger partial charge in [-0.1, -0.05) is 0 Å². The van der Waals surface area contributed by atoms with Crippen molar-refractivity contribution in [2.45, 2.75) is 0 Å². The lowest BCUT2D eigenvalue weighted by Gasteiger charge is -1.59. The maximum atomic E-state index is 4.31. The molecule has 0 N–H and O–H groups in total. The summed E-state index contributed by atoms with van der Waals surface area (Å²) in [4.78, 5) is 0. The zero-order valence-corrected chi connectivity index (χ0v) is 4.63. The Balaban J connectivity index is 2.35. The second kappa shape index (κ2) is 0.680. The van der Waals surface area contributed by atoms with Gasteiger partial charge in [-0.3, -0.25) is 4.58 Å². The summed E-state index contributed by atoms with van der Waals surface area (Å²) in [7, 11) is 0.575. The second-order valence-corrected chi connectivity index (χ2v) is 0.840. The molecule has 0 atom stereocenters. The Kier molecular flexibility index (Phi) is 0.360. The average molecular weight is 95.1 g/mol. The zero-order valence-electron chi connectivity index (χ0n) is 2.63. The van der Waals surface area contributed by atoms with Crippen LogP contribution in [0.1, 0.15) is 0 Å². The molecule has 1 heterocycles. The second-order valence-electron chi connectivity index (χ2n) is 0.507. The first kappa shape index (κ1) is 2.64. The Bertz CT molecular complexity index is 72.1. The molecule has 0 aliphatic heterocycles. The minimum atomic E-state index is 0.575. The van der Waals surface area contributed by atoms with Gasteiger partial charge in [0.05, 0.1) is 0 Å². The van der Waals surface area contributed by atoms with Gasteiger partial charge in [0.25, 0.3) is 0 Å². The lowest BCUT2D eigenvalue weighted by Crippen LogP contribution is -1.80. The predicted octanol–water partition coefficient (Wildman–Crippen LogP) is -1.14. The van der Waals surface area contributed by atoms with Gasteiger partial charge in [-0.25, -0.2) is 0 Å². The largest absolute Gasteiger partial charge is 0.312 e. The minimum absolute atomic E-state index is 0.575. The molecule has 5 heavy (non-hydrogen) atoms. The van der Waals surface area contributed by atoms with Crippen molar-refractivity contribution in [3.05, 3.63) is 0 Å². The van der Waals surface area contributed by atoms with Gasteiger partial charge in [-0.15, -0.1) is 0 Å². The van der Waals surface area contributed by atoms with E-state index in [1.807, 2.05) is 0 Å². The van der Waals surface area contributed by atoms with Crippen LogP contribution in [-0.4, -0.2) is 10.5 Å². The van der Waals surface area contributed by atoms with Gasteiger partial charge in [0.1, 0.15) is 0 Å². The summed E-state index contributed by atoms with van der Waals surface area (Å²) in [5.41, 5.74) is 0. The van der Waals surface area contributed by atoms with Crippen molar-refractivity contribution in [1.29, 1.82) is 0 Å². The SMILES string of the molecule is [SiH3]O[o+]1oo1. The molecule has 0 unspecified atom stereocenters. The van der Waals surface area contributed by atoms with E-state index >= 15 is 0 Å². The number of hydrogen-bond donors (Lipinski definition) is 0. The Hall–Kier alpha value is -0.583. The van der Waals surface area contributed by atoms with Crippen LogP contribution in [0.4, 0.5) is 0 Å². The molecule has 0 aliphatic carbocycles. The van der Waals surface area contributed by atoms with E-state index in [1.165, 1.54) is 0 Å². The van der Waals surface area contributed by atoms with E-state index in [9.17, 15) is 0 Å². The monoisotopic (exact) mass is 95.0 g/mol. The first-order chi connectivity index (χ1) is 2.43. The Morgan fingerprint density at radius 3 is 2.20 bits per heavy atom. The molecule has 0 saturated heterocycles. The lowest BCUT2D eigenvalue weighted by molar-refractivity contribution is -0.292. The highest BCUT2D eigenvalue weighted by Crippen LogP contribution is 1.98. The van der Waals surface area contributed by atoms with Crippen molar-refractivity contribution in [1.82, 2.24) is 0 Å². The van der Waals surface area contributed by atoms with E-state index in [2.05, 4.69) is 14.0 Å². The Labute approximate surface area is 30.2 Å². The fraction of sp³-hybridized carbons (Fsp3) is 0. The minimum Gasteiger partial charge on any atom is -0.287 e. The molecule has 0 spiro atoms. The summed E-state index contributed by atoms with van der Waals surface area (Å²) in [6.45, 7) is 0. The highest BCUT2D eigenvalue weighted by atomic mass is 28.2. The van der Waals surface area contributed by atoms with Crippen molar-refractivity contribution >= 4 is 10.5 Å². The highest BCUT2D eigenvalue weighted by molar-refractivity contribution is 5.97. The van der Waals surface area contributed by atoms with E-state index < -0.39 is 0 Å².